The summed E-state index contributed by atoms with van der Waals surface area (Å²) in [6, 6.07) is 5.13. The average Bonchev–Trinajstić information content (AvgIpc) is 2.65. The van der Waals surface area contributed by atoms with Crippen molar-refractivity contribution in [1.82, 2.24) is 9.55 Å². The lowest BCUT2D eigenvalue weighted by Gasteiger charge is -2.20. The lowest BCUT2D eigenvalue weighted by atomic mass is 10.2. The lowest BCUT2D eigenvalue weighted by molar-refractivity contribution is 0.0536. The Morgan fingerprint density at radius 1 is 1.47 bits per heavy atom. The van der Waals surface area contributed by atoms with Crippen molar-refractivity contribution in [2.45, 2.75) is 26.4 Å². The second kappa shape index (κ2) is 4.93. The van der Waals surface area contributed by atoms with E-state index in [-0.39, 0.29) is 5.88 Å². The Morgan fingerprint density at radius 3 is 2.84 bits per heavy atom. The molecule has 7 heteroatoms. The van der Waals surface area contributed by atoms with Crippen molar-refractivity contribution in [3.05, 3.63) is 24.4 Å². The Morgan fingerprint density at radius 2 is 2.21 bits per heavy atom. The van der Waals surface area contributed by atoms with Gasteiger partial charge < -0.3 is 14.4 Å². The van der Waals surface area contributed by atoms with Crippen molar-refractivity contribution >= 4 is 24.8 Å². The number of fused-ring (bicyclic) bond motifs is 1. The molecule has 99 valence electrons. The zero-order chi connectivity index (χ0) is 14.0. The van der Waals surface area contributed by atoms with Gasteiger partial charge in [-0.1, -0.05) is 0 Å². The number of hydrogen-bond donors (Lipinski definition) is 1. The first-order valence-corrected chi connectivity index (χ1v) is 5.75. The van der Waals surface area contributed by atoms with Crippen molar-refractivity contribution < 1.29 is 19.2 Å². The van der Waals surface area contributed by atoms with Crippen molar-refractivity contribution in [3.63, 3.8) is 0 Å². The van der Waals surface area contributed by atoms with Gasteiger partial charge >= 0.3 is 13.8 Å². The fourth-order valence-electron chi connectivity index (χ4n) is 1.64. The van der Waals surface area contributed by atoms with Crippen LogP contribution in [0.15, 0.2) is 24.4 Å². The van der Waals surface area contributed by atoms with Crippen LogP contribution in [-0.2, 0) is 4.74 Å². The van der Waals surface area contributed by atoms with Gasteiger partial charge in [0.25, 0.3) is 0 Å². The van der Waals surface area contributed by atoms with Gasteiger partial charge in [-0.25, -0.2) is 9.78 Å². The molecule has 6 nitrogen and oxygen atoms in total. The van der Waals surface area contributed by atoms with Crippen molar-refractivity contribution in [2.75, 3.05) is 0 Å². The fourth-order valence-corrected chi connectivity index (χ4v) is 1.64. The van der Waals surface area contributed by atoms with Crippen LogP contribution in [0.25, 0.3) is 11.0 Å². The highest BCUT2D eigenvalue weighted by Gasteiger charge is 2.23. The molecule has 0 aliphatic heterocycles. The molecule has 0 bridgehead atoms. The second-order valence-electron chi connectivity index (χ2n) is 4.94. The minimum absolute atomic E-state index is 0.144. The zero-order valence-electron chi connectivity index (χ0n) is 11.0. The van der Waals surface area contributed by atoms with Gasteiger partial charge in [0, 0.05) is 17.6 Å². The van der Waals surface area contributed by atoms with Gasteiger partial charge in [0.15, 0.2) is 11.5 Å². The molecular weight excluding hydrogens is 247 g/mol. The Labute approximate surface area is 111 Å². The lowest BCUT2D eigenvalue weighted by Crippen LogP contribution is -2.27. The van der Waals surface area contributed by atoms with Crippen molar-refractivity contribution in [3.8, 4) is 5.88 Å². The number of carbonyl (C=O) groups excluding carboxylic acids is 1. The number of ether oxygens (including phenoxy) is 1. The van der Waals surface area contributed by atoms with E-state index in [1.54, 1.807) is 45.2 Å². The normalized spacial score (nSPS) is 11.4. The quantitative estimate of drug-likeness (QED) is 0.833. The van der Waals surface area contributed by atoms with Gasteiger partial charge in [-0.3, -0.25) is 0 Å². The molecule has 2 aromatic rings. The molecule has 0 saturated carbocycles. The number of carbonyl (C=O) groups is 1. The Bertz CT molecular complexity index is 603. The van der Waals surface area contributed by atoms with E-state index < -0.39 is 11.7 Å². The topological polar surface area (TPSA) is 73.6 Å². The summed E-state index contributed by atoms with van der Waals surface area (Å²) in [5.41, 5.74) is -0.226. The van der Waals surface area contributed by atoms with Gasteiger partial charge in [0.1, 0.15) is 5.60 Å². The molecule has 2 heterocycles. The molecule has 2 aromatic heterocycles. The molecule has 19 heavy (non-hydrogen) atoms. The number of rotatable bonds is 2. The van der Waals surface area contributed by atoms with E-state index >= 15 is 0 Å². The zero-order valence-corrected chi connectivity index (χ0v) is 11.0. The number of pyridine rings is 1. The largest absolute Gasteiger partial charge is 0.570 e. The van der Waals surface area contributed by atoms with Gasteiger partial charge in [0.05, 0.1) is 0 Å². The maximum Gasteiger partial charge on any atom is 0.570 e. The molecule has 0 fully saturated rings. The molecule has 1 radical (unpaired) electrons. The summed E-state index contributed by atoms with van der Waals surface area (Å²) in [6.45, 7) is 5.30. The second-order valence-corrected chi connectivity index (χ2v) is 4.94. The molecule has 0 spiro atoms. The highest BCUT2D eigenvalue weighted by molar-refractivity contribution is 6.17. The van der Waals surface area contributed by atoms with Crippen molar-refractivity contribution in [2.24, 2.45) is 0 Å². The average molecular weight is 261 g/mol. The van der Waals surface area contributed by atoms with Gasteiger partial charge in [0.2, 0.25) is 0 Å². The third kappa shape index (κ3) is 2.87. The van der Waals surface area contributed by atoms with Crippen LogP contribution in [0.5, 0.6) is 5.88 Å². The smallest absolute Gasteiger partial charge is 0.524 e. The molecule has 0 unspecified atom stereocenters. The highest BCUT2D eigenvalue weighted by atomic mass is 16.6. The molecule has 0 aliphatic rings. The van der Waals surface area contributed by atoms with Gasteiger partial charge in [-0.2, -0.15) is 4.57 Å². The molecule has 0 amide bonds. The minimum Gasteiger partial charge on any atom is -0.524 e. The van der Waals surface area contributed by atoms with Crippen molar-refractivity contribution in [1.29, 1.82) is 0 Å². The Balaban J connectivity index is 2.50. The van der Waals surface area contributed by atoms with E-state index in [0.717, 1.165) is 0 Å². The van der Waals surface area contributed by atoms with Crippen LogP contribution in [0.2, 0.25) is 0 Å². The van der Waals surface area contributed by atoms with Crippen LogP contribution in [-0.4, -0.2) is 34.0 Å². The minimum atomic E-state index is -0.636. The monoisotopic (exact) mass is 261 g/mol. The van der Waals surface area contributed by atoms with E-state index in [1.165, 1.54) is 4.57 Å². The Hall–Kier alpha value is -2.02. The standard InChI is InChI=1S/C12H14BN2O4/c1-12(2,3)18-11(16)15-9(19-13-17)7-8-5-4-6-14-10(8)15/h4-7,17H,1-3H3. The van der Waals surface area contributed by atoms with Crippen LogP contribution in [0.1, 0.15) is 20.8 Å². The fraction of sp³-hybridized carbons (Fsp3) is 0.333. The maximum atomic E-state index is 12.2. The summed E-state index contributed by atoms with van der Waals surface area (Å²) in [5, 5.41) is 9.46. The van der Waals surface area contributed by atoms with Crippen LogP contribution in [0.3, 0.4) is 0 Å². The number of aromatic nitrogens is 2. The third-order valence-corrected chi connectivity index (χ3v) is 2.28. The third-order valence-electron chi connectivity index (χ3n) is 2.28. The number of hydrogen-bond acceptors (Lipinski definition) is 5. The molecular formula is C12H14BN2O4. The van der Waals surface area contributed by atoms with Crippen LogP contribution in [0.4, 0.5) is 4.79 Å². The first-order valence-electron chi connectivity index (χ1n) is 5.75. The predicted octanol–water partition coefficient (Wildman–Crippen LogP) is 1.72. The van der Waals surface area contributed by atoms with E-state index in [1.807, 2.05) is 0 Å². The number of nitrogens with zero attached hydrogens (tertiary/aromatic N) is 2. The van der Waals surface area contributed by atoms with Crippen LogP contribution >= 0.6 is 0 Å². The van der Waals surface area contributed by atoms with E-state index in [4.69, 9.17) is 14.4 Å². The first kappa shape index (κ1) is 13.4. The summed E-state index contributed by atoms with van der Waals surface area (Å²) in [4.78, 5) is 16.3. The molecule has 0 atom stereocenters. The Kier molecular flexibility index (Phi) is 3.48. The van der Waals surface area contributed by atoms with E-state index in [2.05, 4.69) is 4.98 Å². The molecule has 0 aromatic carbocycles. The first-order chi connectivity index (χ1) is 8.92. The molecule has 1 N–H and O–H groups in total. The SMILES string of the molecule is CC(C)(C)OC(=O)n1c(O[B]O)cc2cccnc21. The summed E-state index contributed by atoms with van der Waals surface area (Å²) in [6.07, 6.45) is 0.952. The van der Waals surface area contributed by atoms with E-state index in [0.29, 0.717) is 18.7 Å². The summed E-state index contributed by atoms with van der Waals surface area (Å²) in [5.74, 6) is 0.144. The molecule has 0 aliphatic carbocycles. The summed E-state index contributed by atoms with van der Waals surface area (Å²) < 4.78 is 11.4. The summed E-state index contributed by atoms with van der Waals surface area (Å²) >= 11 is 0. The van der Waals surface area contributed by atoms with Crippen LogP contribution in [0, 0.1) is 0 Å². The maximum absolute atomic E-state index is 12.2. The highest BCUT2D eigenvalue weighted by Crippen LogP contribution is 2.25. The van der Waals surface area contributed by atoms with Crippen LogP contribution < -0.4 is 4.65 Å². The van der Waals surface area contributed by atoms with Gasteiger partial charge in [-0.15, -0.1) is 0 Å². The van der Waals surface area contributed by atoms with E-state index in [9.17, 15) is 4.79 Å². The molecule has 2 rings (SSSR count). The van der Waals surface area contributed by atoms with Gasteiger partial charge in [-0.05, 0) is 32.9 Å². The molecule has 0 saturated heterocycles. The predicted molar refractivity (Wildman–Crippen MR) is 70.0 cm³/mol. The summed E-state index contributed by atoms with van der Waals surface area (Å²) in [7, 11) is 0.509.